The summed E-state index contributed by atoms with van der Waals surface area (Å²) < 4.78 is 0. The van der Waals surface area contributed by atoms with Crippen LogP contribution in [0.3, 0.4) is 0 Å². The van der Waals surface area contributed by atoms with Crippen molar-refractivity contribution in [2.24, 2.45) is 0 Å². The maximum Gasteiger partial charge on any atom is 0.260 e. The zero-order valence-electron chi connectivity index (χ0n) is 14.8. The van der Waals surface area contributed by atoms with E-state index >= 15 is 0 Å². The van der Waals surface area contributed by atoms with Crippen LogP contribution in [0, 0.1) is 0 Å². The van der Waals surface area contributed by atoms with Crippen LogP contribution in [0.1, 0.15) is 40.7 Å². The van der Waals surface area contributed by atoms with Crippen LogP contribution in [0.15, 0.2) is 54.6 Å². The Balaban J connectivity index is 1.52. The van der Waals surface area contributed by atoms with Crippen LogP contribution >= 0.6 is 0 Å². The lowest BCUT2D eigenvalue weighted by Crippen LogP contribution is -2.44. The largest absolute Gasteiger partial charge is 0.355 e. The number of nitrogens with one attached hydrogen (secondary N) is 1. The minimum Gasteiger partial charge on any atom is -0.355 e. The van der Waals surface area contributed by atoms with Crippen LogP contribution < -0.4 is 5.32 Å². The third-order valence-corrected chi connectivity index (χ3v) is 4.67. The number of rotatable bonds is 6. The van der Waals surface area contributed by atoms with Gasteiger partial charge in [-0.15, -0.1) is 0 Å². The summed E-state index contributed by atoms with van der Waals surface area (Å²) in [7, 11) is 0. The molecule has 26 heavy (non-hydrogen) atoms. The lowest BCUT2D eigenvalue weighted by atomic mass is 9.98. The summed E-state index contributed by atoms with van der Waals surface area (Å²) in [5, 5.41) is 2.88. The van der Waals surface area contributed by atoms with E-state index in [2.05, 4.69) is 5.32 Å². The molecule has 0 fully saturated rings. The third kappa shape index (κ3) is 3.99. The van der Waals surface area contributed by atoms with E-state index in [9.17, 15) is 14.4 Å². The smallest absolute Gasteiger partial charge is 0.260 e. The highest BCUT2D eigenvalue weighted by molar-refractivity contribution is 6.09. The van der Waals surface area contributed by atoms with E-state index in [1.165, 1.54) is 4.90 Å². The Labute approximate surface area is 153 Å². The summed E-state index contributed by atoms with van der Waals surface area (Å²) in [6.45, 7) is 2.68. The Hall–Kier alpha value is -2.95. The molecule has 1 heterocycles. The molecule has 134 valence electrons. The van der Waals surface area contributed by atoms with Crippen LogP contribution in [0.2, 0.25) is 0 Å². The predicted octanol–water partition coefficient (Wildman–Crippen LogP) is 2.52. The Kier molecular flexibility index (Phi) is 5.46. The van der Waals surface area contributed by atoms with E-state index in [1.54, 1.807) is 18.2 Å². The number of hydrogen-bond donors (Lipinski definition) is 1. The first-order valence-electron chi connectivity index (χ1n) is 8.80. The van der Waals surface area contributed by atoms with Gasteiger partial charge in [0.25, 0.3) is 5.91 Å². The fourth-order valence-electron chi connectivity index (χ4n) is 3.09. The Morgan fingerprint density at radius 2 is 1.77 bits per heavy atom. The molecule has 1 atom stereocenters. The minimum atomic E-state index is -0.317. The summed E-state index contributed by atoms with van der Waals surface area (Å²) >= 11 is 0. The monoisotopic (exact) mass is 350 g/mol. The topological polar surface area (TPSA) is 66.5 Å². The first kappa shape index (κ1) is 17.9. The molecule has 3 amide bonds. The molecular formula is C21H22N2O3. The van der Waals surface area contributed by atoms with E-state index in [4.69, 9.17) is 0 Å². The Morgan fingerprint density at radius 1 is 1.08 bits per heavy atom. The second-order valence-electron chi connectivity index (χ2n) is 6.55. The van der Waals surface area contributed by atoms with Gasteiger partial charge in [-0.1, -0.05) is 55.5 Å². The molecule has 5 nitrogen and oxygen atoms in total. The van der Waals surface area contributed by atoms with Crippen molar-refractivity contribution in [2.45, 2.75) is 25.7 Å². The average Bonchev–Trinajstić information content (AvgIpc) is 2.66. The fourth-order valence-corrected chi connectivity index (χ4v) is 3.09. The second-order valence-corrected chi connectivity index (χ2v) is 6.55. The van der Waals surface area contributed by atoms with E-state index in [1.807, 2.05) is 43.3 Å². The van der Waals surface area contributed by atoms with Crippen molar-refractivity contribution in [3.63, 3.8) is 0 Å². The molecule has 3 rings (SSSR count). The normalized spacial score (nSPS) is 14.7. The first-order chi connectivity index (χ1) is 12.6. The highest BCUT2D eigenvalue weighted by atomic mass is 16.2. The molecule has 1 aliphatic heterocycles. The van der Waals surface area contributed by atoms with Crippen molar-refractivity contribution >= 4 is 17.7 Å². The van der Waals surface area contributed by atoms with Crippen molar-refractivity contribution < 1.29 is 14.4 Å². The molecular weight excluding hydrogens is 328 g/mol. The molecule has 0 saturated heterocycles. The lowest BCUT2D eigenvalue weighted by Gasteiger charge is -2.26. The molecule has 0 radical (unpaired) electrons. The van der Waals surface area contributed by atoms with Crippen molar-refractivity contribution in [3.8, 4) is 0 Å². The zero-order valence-corrected chi connectivity index (χ0v) is 14.8. The van der Waals surface area contributed by atoms with Gasteiger partial charge in [-0.3, -0.25) is 19.3 Å². The number of hydrogen-bond acceptors (Lipinski definition) is 3. The predicted molar refractivity (Wildman–Crippen MR) is 98.7 cm³/mol. The van der Waals surface area contributed by atoms with Gasteiger partial charge in [0.05, 0.1) is 6.42 Å². The van der Waals surface area contributed by atoms with E-state index in [-0.39, 0.29) is 43.0 Å². The molecule has 0 aliphatic carbocycles. The number of nitrogens with zero attached hydrogens (tertiary/aromatic N) is 1. The number of fused-ring (bicyclic) bond motifs is 1. The fraction of sp³-hybridized carbons (Fsp3) is 0.286. The highest BCUT2D eigenvalue weighted by Gasteiger charge is 2.30. The average molecular weight is 350 g/mol. The maximum atomic E-state index is 12.5. The molecule has 0 aromatic heterocycles. The zero-order chi connectivity index (χ0) is 18.5. The first-order valence-corrected chi connectivity index (χ1v) is 8.80. The van der Waals surface area contributed by atoms with E-state index in [0.717, 1.165) is 11.1 Å². The Morgan fingerprint density at radius 3 is 2.54 bits per heavy atom. The van der Waals surface area contributed by atoms with Crippen LogP contribution in [0.25, 0.3) is 0 Å². The summed E-state index contributed by atoms with van der Waals surface area (Å²) in [6.07, 6.45) is 0.315. The number of carbonyl (C=O) groups excluding carboxylic acids is 3. The molecule has 1 aliphatic rings. The standard InChI is InChI=1S/C21H22N2O3/c1-15(16-7-3-2-4-8-16)14-22-19(24)11-12-23-20(25)13-17-9-5-6-10-18(17)21(23)26/h2-10,15H,11-14H2,1H3,(H,22,24)/t15-/m1/s1. The van der Waals surface area contributed by atoms with Gasteiger partial charge in [0.1, 0.15) is 0 Å². The highest BCUT2D eigenvalue weighted by Crippen LogP contribution is 2.19. The summed E-state index contributed by atoms with van der Waals surface area (Å²) in [6, 6.07) is 17.1. The van der Waals surface area contributed by atoms with Gasteiger partial charge in [-0.05, 0) is 23.1 Å². The molecule has 0 bridgehead atoms. The van der Waals surface area contributed by atoms with Crippen molar-refractivity contribution in [1.29, 1.82) is 0 Å². The van der Waals surface area contributed by atoms with Crippen LogP contribution in [0.4, 0.5) is 0 Å². The molecule has 0 unspecified atom stereocenters. The van der Waals surface area contributed by atoms with Crippen LogP contribution in [-0.2, 0) is 16.0 Å². The number of carbonyl (C=O) groups is 3. The Bertz CT molecular complexity index is 817. The lowest BCUT2D eigenvalue weighted by molar-refractivity contribution is -0.129. The number of imide groups is 1. The molecule has 0 spiro atoms. The van der Waals surface area contributed by atoms with Gasteiger partial charge in [-0.25, -0.2) is 0 Å². The van der Waals surface area contributed by atoms with Gasteiger partial charge in [-0.2, -0.15) is 0 Å². The summed E-state index contributed by atoms with van der Waals surface area (Å²) in [5.74, 6) is -0.529. The number of benzene rings is 2. The molecule has 2 aromatic carbocycles. The van der Waals surface area contributed by atoms with Gasteiger partial charge >= 0.3 is 0 Å². The van der Waals surface area contributed by atoms with E-state index < -0.39 is 0 Å². The molecule has 5 heteroatoms. The van der Waals surface area contributed by atoms with Crippen molar-refractivity contribution in [3.05, 3.63) is 71.3 Å². The SMILES string of the molecule is C[C@H](CNC(=O)CCN1C(=O)Cc2ccccc2C1=O)c1ccccc1. The second kappa shape index (κ2) is 7.95. The van der Waals surface area contributed by atoms with Gasteiger partial charge in [0.15, 0.2) is 0 Å². The van der Waals surface area contributed by atoms with Crippen molar-refractivity contribution in [1.82, 2.24) is 10.2 Å². The molecule has 0 saturated carbocycles. The third-order valence-electron chi connectivity index (χ3n) is 4.67. The van der Waals surface area contributed by atoms with Gasteiger partial charge < -0.3 is 5.32 Å². The maximum absolute atomic E-state index is 12.5. The van der Waals surface area contributed by atoms with Gasteiger partial charge in [0, 0.05) is 25.1 Å². The quantitative estimate of drug-likeness (QED) is 0.814. The van der Waals surface area contributed by atoms with Gasteiger partial charge in [0.2, 0.25) is 11.8 Å². The summed E-state index contributed by atoms with van der Waals surface area (Å²) in [4.78, 5) is 38.0. The minimum absolute atomic E-state index is 0.109. The summed E-state index contributed by atoms with van der Waals surface area (Å²) in [5.41, 5.74) is 2.45. The molecule has 2 aromatic rings. The molecule has 1 N–H and O–H groups in total. The van der Waals surface area contributed by atoms with Crippen LogP contribution in [0.5, 0.6) is 0 Å². The van der Waals surface area contributed by atoms with Crippen molar-refractivity contribution in [2.75, 3.05) is 13.1 Å². The van der Waals surface area contributed by atoms with Crippen LogP contribution in [-0.4, -0.2) is 35.7 Å². The number of amides is 3. The van der Waals surface area contributed by atoms with E-state index in [0.29, 0.717) is 12.1 Å².